The Kier molecular flexibility index (Phi) is 30.1. The smallest absolute Gasteiger partial charge is 0.248 e. The molecule has 1 aliphatic carbocycles. The summed E-state index contributed by atoms with van der Waals surface area (Å²) >= 11 is 3.84. The Morgan fingerprint density at radius 1 is 1.28 bits per heavy atom. The number of thiol groups is 1. The molecule has 1 fully saturated rings. The summed E-state index contributed by atoms with van der Waals surface area (Å²) in [4.78, 5) is 6.90. The molecule has 0 amide bonds. The SMILES string of the molecule is C=C.C=CC.CC(C)(C)N.CC(C)C.FC1(F)CCCCC1.N=C/C(=C\c1ncc(CO)[nH]1)CNS. The minimum absolute atomic E-state index is 0. The van der Waals surface area contributed by atoms with Crippen molar-refractivity contribution >= 4 is 25.1 Å². The summed E-state index contributed by atoms with van der Waals surface area (Å²) in [5, 5.41) is 15.9. The van der Waals surface area contributed by atoms with E-state index in [2.05, 4.69) is 68.0 Å². The van der Waals surface area contributed by atoms with Gasteiger partial charge >= 0.3 is 0 Å². The first-order chi connectivity index (χ1) is 16.6. The number of rotatable bonds is 5. The number of halogens is 2. The summed E-state index contributed by atoms with van der Waals surface area (Å²) in [6.45, 7) is 24.1. The Bertz CT molecular complexity index is 655. The van der Waals surface area contributed by atoms with Crippen molar-refractivity contribution in [2.75, 3.05) is 6.54 Å². The highest BCUT2D eigenvalue weighted by molar-refractivity contribution is 7.78. The van der Waals surface area contributed by atoms with Crippen LogP contribution in [0.5, 0.6) is 0 Å². The minimum Gasteiger partial charge on any atom is -0.390 e. The quantitative estimate of drug-likeness (QED) is 0.135. The first-order valence-corrected chi connectivity index (χ1v) is 12.6. The zero-order valence-electron chi connectivity index (χ0n) is 23.6. The number of imidazole rings is 1. The van der Waals surface area contributed by atoms with Crippen LogP contribution in [0, 0.1) is 11.3 Å². The van der Waals surface area contributed by atoms with Crippen molar-refractivity contribution in [2.24, 2.45) is 11.7 Å². The van der Waals surface area contributed by atoms with Gasteiger partial charge in [0, 0.05) is 31.1 Å². The van der Waals surface area contributed by atoms with Gasteiger partial charge in [0.05, 0.1) is 18.5 Å². The lowest BCUT2D eigenvalue weighted by atomic mass is 9.97. The number of H-pyrrole nitrogens is 1. The van der Waals surface area contributed by atoms with Crippen molar-refractivity contribution in [3.8, 4) is 0 Å². The third kappa shape index (κ3) is 39.4. The van der Waals surface area contributed by atoms with Crippen LogP contribution >= 0.6 is 12.8 Å². The average molecular weight is 534 g/mol. The fourth-order valence-corrected chi connectivity index (χ4v) is 2.19. The van der Waals surface area contributed by atoms with Crippen molar-refractivity contribution < 1.29 is 13.9 Å². The molecule has 6 nitrogen and oxygen atoms in total. The molecule has 0 unspecified atom stereocenters. The summed E-state index contributed by atoms with van der Waals surface area (Å²) in [6, 6.07) is 0. The lowest BCUT2D eigenvalue weighted by Gasteiger charge is -2.20. The van der Waals surface area contributed by atoms with E-state index in [-0.39, 0.29) is 25.0 Å². The van der Waals surface area contributed by atoms with Crippen LogP contribution in [0.3, 0.4) is 0 Å². The molecule has 36 heavy (non-hydrogen) atoms. The second kappa shape index (κ2) is 26.3. The molecule has 0 aromatic carbocycles. The van der Waals surface area contributed by atoms with Crippen LogP contribution in [0.1, 0.15) is 92.1 Å². The van der Waals surface area contributed by atoms with Gasteiger partial charge in [-0.25, -0.2) is 13.8 Å². The lowest BCUT2D eigenvalue weighted by molar-refractivity contribution is -0.0337. The summed E-state index contributed by atoms with van der Waals surface area (Å²) < 4.78 is 27.1. The molecule has 1 aromatic heterocycles. The maximum absolute atomic E-state index is 12.2. The third-order valence-electron chi connectivity index (χ3n) is 3.19. The molecule has 6 N–H and O–H groups in total. The summed E-state index contributed by atoms with van der Waals surface area (Å²) in [7, 11) is 0. The van der Waals surface area contributed by atoms with Crippen LogP contribution in [-0.4, -0.2) is 39.3 Å². The van der Waals surface area contributed by atoms with Gasteiger partial charge in [-0.3, -0.25) is 4.72 Å². The molecule has 1 saturated carbocycles. The van der Waals surface area contributed by atoms with Gasteiger partial charge in [0.2, 0.25) is 5.92 Å². The van der Waals surface area contributed by atoms with Crippen LogP contribution < -0.4 is 10.5 Å². The highest BCUT2D eigenvalue weighted by Gasteiger charge is 2.30. The van der Waals surface area contributed by atoms with E-state index in [9.17, 15) is 8.78 Å². The number of aromatic nitrogens is 2. The Morgan fingerprint density at radius 3 is 1.94 bits per heavy atom. The monoisotopic (exact) mass is 533 g/mol. The van der Waals surface area contributed by atoms with Crippen LogP contribution in [0.2, 0.25) is 0 Å². The predicted molar refractivity (Wildman–Crippen MR) is 158 cm³/mol. The largest absolute Gasteiger partial charge is 0.390 e. The number of nitrogens with zero attached hydrogens (tertiary/aromatic N) is 1. The molecule has 1 aromatic rings. The van der Waals surface area contributed by atoms with Crippen LogP contribution in [0.15, 0.2) is 37.6 Å². The van der Waals surface area contributed by atoms with E-state index in [1.54, 1.807) is 18.3 Å². The topological polar surface area (TPSA) is 111 Å². The molecule has 2 rings (SSSR count). The van der Waals surface area contributed by atoms with Crippen LogP contribution in [0.4, 0.5) is 8.78 Å². The maximum atomic E-state index is 12.2. The standard InChI is InChI=1S/C8H12N4OS.C6H10F2.C4H11N.C4H10.C3H6.C2H4/c9-2-6(3-11-14)1-8-10-4-7(5-13)12-8;7-6(8)4-2-1-3-5-6;1-4(2,3)5;1-4(2)3;1-3-2;1-2/h1-2,4,9,11,13-14H,3,5H2,(H,10,12);1-5H2;5H2,1-3H3;4H,1-3H3;3H,1H2,2H3;1-2H2/b6-1+,9-2?;;;;;. The van der Waals surface area contributed by atoms with Gasteiger partial charge < -0.3 is 21.2 Å². The second-order valence-corrected chi connectivity index (χ2v) is 9.89. The van der Waals surface area contributed by atoms with E-state index >= 15 is 0 Å². The molecular weight excluding hydrogens is 480 g/mol. The maximum Gasteiger partial charge on any atom is 0.248 e. The summed E-state index contributed by atoms with van der Waals surface area (Å²) in [5.74, 6) is -0.866. The molecule has 0 aliphatic heterocycles. The lowest BCUT2D eigenvalue weighted by Crippen LogP contribution is -2.26. The van der Waals surface area contributed by atoms with Crippen molar-refractivity contribution in [2.45, 2.75) is 98.6 Å². The fraction of sp³-hybridized carbons (Fsp3) is 0.630. The van der Waals surface area contributed by atoms with E-state index in [0.717, 1.165) is 17.9 Å². The zero-order chi connectivity index (χ0) is 29.2. The number of hydrogen-bond acceptors (Lipinski definition) is 6. The Hall–Kier alpha value is -1.81. The Morgan fingerprint density at radius 2 is 1.69 bits per heavy atom. The van der Waals surface area contributed by atoms with Crippen molar-refractivity contribution in [1.82, 2.24) is 14.7 Å². The van der Waals surface area contributed by atoms with Crippen molar-refractivity contribution in [3.63, 3.8) is 0 Å². The predicted octanol–water partition coefficient (Wildman–Crippen LogP) is 7.36. The first kappa shape index (κ1) is 41.3. The number of aliphatic hydroxyl groups is 1. The molecule has 0 saturated heterocycles. The zero-order valence-corrected chi connectivity index (χ0v) is 24.5. The van der Waals surface area contributed by atoms with Crippen LogP contribution in [-0.2, 0) is 6.61 Å². The van der Waals surface area contributed by atoms with Gasteiger partial charge in [0.1, 0.15) is 5.82 Å². The number of alkyl halides is 2. The molecule has 0 bridgehead atoms. The van der Waals surface area contributed by atoms with Gasteiger partial charge in [0.15, 0.2) is 0 Å². The molecule has 0 atom stereocenters. The minimum atomic E-state index is -2.32. The van der Waals surface area contributed by atoms with Gasteiger partial charge in [-0.1, -0.05) is 46.1 Å². The highest BCUT2D eigenvalue weighted by Crippen LogP contribution is 2.32. The molecule has 1 aliphatic rings. The number of allylic oxidation sites excluding steroid dienone is 1. The van der Waals surface area contributed by atoms with Crippen LogP contribution in [0.25, 0.3) is 6.08 Å². The van der Waals surface area contributed by atoms with E-state index in [1.165, 1.54) is 6.21 Å². The molecule has 0 radical (unpaired) electrons. The molecule has 1 heterocycles. The molecule has 9 heteroatoms. The van der Waals surface area contributed by atoms with E-state index < -0.39 is 5.92 Å². The number of nitrogens with two attached hydrogens (primary N) is 1. The Labute approximate surface area is 225 Å². The fourth-order valence-electron chi connectivity index (χ4n) is 2.01. The normalized spacial score (nSPS) is 13.9. The average Bonchev–Trinajstić information content (AvgIpc) is 3.22. The first-order valence-electron chi connectivity index (χ1n) is 12.1. The van der Waals surface area contributed by atoms with Crippen molar-refractivity contribution in [3.05, 3.63) is 49.1 Å². The van der Waals surface area contributed by atoms with Gasteiger partial charge in [-0.2, -0.15) is 0 Å². The van der Waals surface area contributed by atoms with E-state index in [0.29, 0.717) is 30.9 Å². The molecule has 212 valence electrons. The molecular formula is C27H53F2N5OS. The summed E-state index contributed by atoms with van der Waals surface area (Å²) in [6.07, 6.45) is 8.91. The number of nitrogens with one attached hydrogen (secondary N) is 3. The molecule has 0 spiro atoms. The highest BCUT2D eigenvalue weighted by atomic mass is 32.1. The third-order valence-corrected chi connectivity index (χ3v) is 3.35. The van der Waals surface area contributed by atoms with E-state index in [1.807, 2.05) is 27.7 Å². The second-order valence-electron chi connectivity index (χ2n) is 9.57. The Balaban J connectivity index is -0.000000198. The summed E-state index contributed by atoms with van der Waals surface area (Å²) in [5.41, 5.74) is 6.76. The van der Waals surface area contributed by atoms with E-state index in [4.69, 9.17) is 16.2 Å². The van der Waals surface area contributed by atoms with Gasteiger partial charge in [0.25, 0.3) is 0 Å². The van der Waals surface area contributed by atoms with Gasteiger partial charge in [-0.15, -0.1) is 19.7 Å². The van der Waals surface area contributed by atoms with Crippen molar-refractivity contribution in [1.29, 1.82) is 5.41 Å². The number of aromatic amines is 1. The number of hydrogen-bond donors (Lipinski definition) is 6. The van der Waals surface area contributed by atoms with Gasteiger partial charge in [-0.05, 0) is 58.1 Å². The number of aliphatic hydroxyl groups excluding tert-OH is 1.